The zero-order chi connectivity index (χ0) is 19.5. The first-order valence-corrected chi connectivity index (χ1v) is 9.35. The maximum Gasteiger partial charge on any atom is 0.274 e. The molecule has 4 rings (SSSR count). The lowest BCUT2D eigenvalue weighted by molar-refractivity contribution is 0.0691. The van der Waals surface area contributed by atoms with Gasteiger partial charge in [-0.05, 0) is 37.5 Å². The Morgan fingerprint density at radius 3 is 2.75 bits per heavy atom. The molecule has 0 bridgehead atoms. The molecular weight excluding hydrogens is 359 g/mol. The average Bonchev–Trinajstić information content (AvgIpc) is 3.18. The van der Waals surface area contributed by atoms with Gasteiger partial charge in [0.2, 0.25) is 0 Å². The zero-order valence-corrected chi connectivity index (χ0v) is 15.6. The highest BCUT2D eigenvalue weighted by atomic mass is 19.1. The van der Waals surface area contributed by atoms with Gasteiger partial charge in [0.05, 0.1) is 24.0 Å². The van der Waals surface area contributed by atoms with Gasteiger partial charge in [-0.1, -0.05) is 12.1 Å². The van der Waals surface area contributed by atoms with Gasteiger partial charge >= 0.3 is 0 Å². The quantitative estimate of drug-likeness (QED) is 0.692. The Morgan fingerprint density at radius 1 is 1.18 bits per heavy atom. The van der Waals surface area contributed by atoms with Gasteiger partial charge in [0.25, 0.3) is 5.91 Å². The summed E-state index contributed by atoms with van der Waals surface area (Å²) in [5.74, 6) is 1.06. The van der Waals surface area contributed by atoms with Gasteiger partial charge in [-0.15, -0.1) is 0 Å². The summed E-state index contributed by atoms with van der Waals surface area (Å²) in [6.07, 6.45) is 7.19. The molecule has 0 aliphatic carbocycles. The first kappa shape index (κ1) is 18.3. The highest BCUT2D eigenvalue weighted by Gasteiger charge is 2.29. The first-order valence-electron chi connectivity index (χ1n) is 9.35. The summed E-state index contributed by atoms with van der Waals surface area (Å²) in [5, 5.41) is 0. The Kier molecular flexibility index (Phi) is 5.14. The van der Waals surface area contributed by atoms with Crippen LogP contribution in [0.4, 0.5) is 4.39 Å². The Bertz CT molecular complexity index is 953. The number of carbonyl (C=O) groups excluding carboxylic acids is 1. The Morgan fingerprint density at radius 2 is 2.00 bits per heavy atom. The van der Waals surface area contributed by atoms with E-state index < -0.39 is 0 Å². The molecule has 2 aromatic heterocycles. The van der Waals surface area contributed by atoms with E-state index in [0.717, 1.165) is 29.9 Å². The molecular formula is C21H21FN4O2. The maximum atomic E-state index is 13.0. The monoisotopic (exact) mass is 380 g/mol. The van der Waals surface area contributed by atoms with E-state index in [4.69, 9.17) is 4.42 Å². The van der Waals surface area contributed by atoms with Crippen molar-refractivity contribution in [2.45, 2.75) is 32.1 Å². The van der Waals surface area contributed by atoms with E-state index in [0.29, 0.717) is 31.1 Å². The zero-order valence-electron chi connectivity index (χ0n) is 15.6. The SMILES string of the molecule is Cc1cnc(C(=O)N2CCC[C@@H](c3ncc(Cc4ccc(F)cc4)o3)C2)cn1. The third-order valence-corrected chi connectivity index (χ3v) is 4.92. The van der Waals surface area contributed by atoms with Crippen molar-refractivity contribution < 1.29 is 13.6 Å². The number of likely N-dealkylation sites (tertiary alicyclic amines) is 1. The van der Waals surface area contributed by atoms with Crippen molar-refractivity contribution in [1.82, 2.24) is 19.9 Å². The van der Waals surface area contributed by atoms with Crippen LogP contribution in [-0.4, -0.2) is 38.8 Å². The van der Waals surface area contributed by atoms with E-state index in [-0.39, 0.29) is 17.6 Å². The van der Waals surface area contributed by atoms with Gasteiger partial charge in [0, 0.05) is 25.7 Å². The van der Waals surface area contributed by atoms with Crippen LogP contribution in [0.5, 0.6) is 0 Å². The molecule has 1 amide bonds. The first-order chi connectivity index (χ1) is 13.6. The highest BCUT2D eigenvalue weighted by Crippen LogP contribution is 2.28. The Hall–Kier alpha value is -3.09. The van der Waals surface area contributed by atoms with E-state index >= 15 is 0 Å². The number of rotatable bonds is 4. The third kappa shape index (κ3) is 4.08. The van der Waals surface area contributed by atoms with Crippen LogP contribution >= 0.6 is 0 Å². The van der Waals surface area contributed by atoms with Crippen LogP contribution in [0.3, 0.4) is 0 Å². The second-order valence-electron chi connectivity index (χ2n) is 7.10. The van der Waals surface area contributed by atoms with Crippen molar-refractivity contribution in [3.05, 3.63) is 77.3 Å². The summed E-state index contributed by atoms with van der Waals surface area (Å²) in [6.45, 7) is 3.07. The molecule has 1 fully saturated rings. The lowest BCUT2D eigenvalue weighted by Gasteiger charge is -2.31. The highest BCUT2D eigenvalue weighted by molar-refractivity contribution is 5.92. The van der Waals surface area contributed by atoms with Crippen LogP contribution in [0.2, 0.25) is 0 Å². The number of hydrogen-bond acceptors (Lipinski definition) is 5. The summed E-state index contributed by atoms with van der Waals surface area (Å²) in [7, 11) is 0. The van der Waals surface area contributed by atoms with Crippen molar-refractivity contribution in [2.75, 3.05) is 13.1 Å². The number of amides is 1. The summed E-state index contributed by atoms with van der Waals surface area (Å²) in [6, 6.07) is 6.35. The molecule has 144 valence electrons. The number of carbonyl (C=O) groups is 1. The van der Waals surface area contributed by atoms with Gasteiger partial charge < -0.3 is 9.32 Å². The van der Waals surface area contributed by atoms with Crippen LogP contribution < -0.4 is 0 Å². The van der Waals surface area contributed by atoms with Crippen molar-refractivity contribution in [3.8, 4) is 0 Å². The van der Waals surface area contributed by atoms with Crippen LogP contribution in [-0.2, 0) is 6.42 Å². The van der Waals surface area contributed by atoms with Crippen LogP contribution in [0, 0.1) is 12.7 Å². The lowest BCUT2D eigenvalue weighted by atomic mass is 9.98. The molecule has 1 saturated heterocycles. The fraction of sp³-hybridized carbons (Fsp3) is 0.333. The second-order valence-corrected chi connectivity index (χ2v) is 7.10. The molecule has 6 nitrogen and oxygen atoms in total. The minimum atomic E-state index is -0.257. The van der Waals surface area contributed by atoms with Crippen molar-refractivity contribution in [1.29, 1.82) is 0 Å². The summed E-state index contributed by atoms with van der Waals surface area (Å²) < 4.78 is 19.0. The third-order valence-electron chi connectivity index (χ3n) is 4.92. The molecule has 3 aromatic rings. The fourth-order valence-electron chi connectivity index (χ4n) is 3.42. The van der Waals surface area contributed by atoms with E-state index in [2.05, 4.69) is 15.0 Å². The van der Waals surface area contributed by atoms with Gasteiger partial charge in [-0.25, -0.2) is 14.4 Å². The normalized spacial score (nSPS) is 16.9. The van der Waals surface area contributed by atoms with Gasteiger partial charge in [-0.3, -0.25) is 9.78 Å². The van der Waals surface area contributed by atoms with Gasteiger partial charge in [0.1, 0.15) is 17.3 Å². The Labute approximate surface area is 162 Å². The number of hydrogen-bond donors (Lipinski definition) is 0. The van der Waals surface area contributed by atoms with Crippen LogP contribution in [0.25, 0.3) is 0 Å². The lowest BCUT2D eigenvalue weighted by Crippen LogP contribution is -2.39. The standard InChI is InChI=1S/C21H21FN4O2/c1-14-10-24-19(12-23-14)21(27)26-8-2-3-16(13-26)20-25-11-18(28-20)9-15-4-6-17(22)7-5-15/h4-7,10-12,16H,2-3,8-9,13H2,1H3/t16-/m1/s1. The van der Waals surface area contributed by atoms with E-state index in [1.165, 1.54) is 18.3 Å². The number of benzene rings is 1. The van der Waals surface area contributed by atoms with Gasteiger partial charge in [0.15, 0.2) is 5.89 Å². The smallest absolute Gasteiger partial charge is 0.274 e. The molecule has 0 unspecified atom stereocenters. The summed E-state index contributed by atoms with van der Waals surface area (Å²) in [4.78, 5) is 27.3. The molecule has 0 spiro atoms. The number of piperidine rings is 1. The molecule has 0 radical (unpaired) electrons. The number of aromatic nitrogens is 3. The molecule has 1 atom stereocenters. The number of halogens is 1. The van der Waals surface area contributed by atoms with Crippen molar-refractivity contribution >= 4 is 5.91 Å². The molecule has 0 N–H and O–H groups in total. The predicted molar refractivity (Wildman–Crippen MR) is 100 cm³/mol. The fourth-order valence-corrected chi connectivity index (χ4v) is 3.42. The molecule has 0 saturated carbocycles. The molecule has 1 aliphatic heterocycles. The molecule has 28 heavy (non-hydrogen) atoms. The van der Waals surface area contributed by atoms with Crippen molar-refractivity contribution in [3.63, 3.8) is 0 Å². The number of nitrogens with zero attached hydrogens (tertiary/aromatic N) is 4. The predicted octanol–water partition coefficient (Wildman–Crippen LogP) is 3.52. The van der Waals surface area contributed by atoms with Gasteiger partial charge in [-0.2, -0.15) is 0 Å². The minimum Gasteiger partial charge on any atom is -0.445 e. The molecule has 7 heteroatoms. The maximum absolute atomic E-state index is 13.0. The van der Waals surface area contributed by atoms with E-state index in [9.17, 15) is 9.18 Å². The molecule has 1 aliphatic rings. The van der Waals surface area contributed by atoms with Crippen LogP contribution in [0.15, 0.2) is 47.3 Å². The largest absolute Gasteiger partial charge is 0.445 e. The molecule has 3 heterocycles. The summed E-state index contributed by atoms with van der Waals surface area (Å²) in [5.41, 5.74) is 2.10. The van der Waals surface area contributed by atoms with Crippen LogP contribution in [0.1, 0.15) is 52.2 Å². The minimum absolute atomic E-state index is 0.0538. The number of aryl methyl sites for hydroxylation is 1. The average molecular weight is 380 g/mol. The number of oxazole rings is 1. The van der Waals surface area contributed by atoms with E-state index in [1.807, 2.05) is 6.92 Å². The Balaban J connectivity index is 1.43. The molecule has 1 aromatic carbocycles. The van der Waals surface area contributed by atoms with E-state index in [1.54, 1.807) is 29.4 Å². The second kappa shape index (κ2) is 7.88. The van der Waals surface area contributed by atoms with Crippen molar-refractivity contribution in [2.24, 2.45) is 0 Å². The summed E-state index contributed by atoms with van der Waals surface area (Å²) >= 11 is 0. The topological polar surface area (TPSA) is 72.1 Å².